The average molecular weight is 430 g/mol. The van der Waals surface area contributed by atoms with Crippen LogP contribution in [0.15, 0.2) is 51.9 Å². The molecule has 1 aliphatic heterocycles. The number of benzene rings is 2. The van der Waals surface area contributed by atoms with Crippen LogP contribution in [0, 0.1) is 6.92 Å². The van der Waals surface area contributed by atoms with Crippen LogP contribution < -0.4 is 10.2 Å². The highest BCUT2D eigenvalue weighted by molar-refractivity contribution is 5.88. The van der Waals surface area contributed by atoms with E-state index >= 15 is 0 Å². The summed E-state index contributed by atoms with van der Waals surface area (Å²) in [5.41, 5.74) is 1.57. The first-order valence-electron chi connectivity index (χ1n) is 9.63. The second kappa shape index (κ2) is 8.29. The molecule has 5 N–H and O–H groups in total. The number of aryl methyl sites for hydroxylation is 1. The van der Waals surface area contributed by atoms with E-state index in [1.54, 1.807) is 12.1 Å². The SMILES string of the molecule is Cc1ccc(-c2coc3cc(O[C@@H]4OC(CO)[C@@H](O)[C@H](O)C4O)cc(O)c3c2=O)cc1. The second-order valence-electron chi connectivity index (χ2n) is 7.48. The molecule has 0 spiro atoms. The molecule has 31 heavy (non-hydrogen) atoms. The first kappa shape index (κ1) is 21.3. The minimum absolute atomic E-state index is 0.0134. The van der Waals surface area contributed by atoms with Crippen LogP contribution in [0.25, 0.3) is 22.1 Å². The zero-order chi connectivity index (χ0) is 22.3. The van der Waals surface area contributed by atoms with Gasteiger partial charge in [0.25, 0.3) is 0 Å². The van der Waals surface area contributed by atoms with Crippen molar-refractivity contribution < 1.29 is 39.4 Å². The van der Waals surface area contributed by atoms with Crippen LogP contribution >= 0.6 is 0 Å². The van der Waals surface area contributed by atoms with E-state index in [1.165, 1.54) is 12.3 Å². The van der Waals surface area contributed by atoms with Gasteiger partial charge in [0.2, 0.25) is 11.7 Å². The molecule has 0 amide bonds. The lowest BCUT2D eigenvalue weighted by molar-refractivity contribution is -0.277. The molecule has 0 bridgehead atoms. The van der Waals surface area contributed by atoms with Gasteiger partial charge in [-0.05, 0) is 12.5 Å². The fraction of sp³-hybridized carbons (Fsp3) is 0.318. The lowest BCUT2D eigenvalue weighted by Crippen LogP contribution is -2.60. The fourth-order valence-electron chi connectivity index (χ4n) is 3.51. The largest absolute Gasteiger partial charge is 0.507 e. The van der Waals surface area contributed by atoms with Crippen LogP contribution in [0.4, 0.5) is 0 Å². The Morgan fingerprint density at radius 1 is 1.03 bits per heavy atom. The molecule has 2 unspecified atom stereocenters. The number of aromatic hydroxyl groups is 1. The number of ether oxygens (including phenoxy) is 2. The van der Waals surface area contributed by atoms with Crippen molar-refractivity contribution in [3.05, 3.63) is 58.4 Å². The van der Waals surface area contributed by atoms with Crippen LogP contribution in [0.3, 0.4) is 0 Å². The predicted molar refractivity (Wildman–Crippen MR) is 109 cm³/mol. The third-order valence-electron chi connectivity index (χ3n) is 5.29. The van der Waals surface area contributed by atoms with Gasteiger partial charge in [0.05, 0.1) is 12.2 Å². The quantitative estimate of drug-likeness (QED) is 0.402. The maximum absolute atomic E-state index is 12.9. The standard InChI is InChI=1S/C22H22O9/c1-10-2-4-11(5-3-10)13-9-29-15-7-12(6-14(24)17(15)18(13)25)30-22-21(28)20(27)19(26)16(8-23)31-22/h2-7,9,16,19-24,26-28H,8H2,1H3/t16?,19-,20+,21?,22-/m1/s1. The highest BCUT2D eigenvalue weighted by Crippen LogP contribution is 2.32. The normalized spacial score (nSPS) is 26.2. The zero-order valence-electron chi connectivity index (χ0n) is 16.5. The molecule has 1 saturated heterocycles. The molecule has 9 nitrogen and oxygen atoms in total. The summed E-state index contributed by atoms with van der Waals surface area (Å²) in [6.07, 6.45) is -6.06. The molecule has 2 aromatic carbocycles. The molecule has 2 heterocycles. The number of phenolic OH excluding ortho intramolecular Hbond substituents is 1. The van der Waals surface area contributed by atoms with E-state index in [2.05, 4.69) is 0 Å². The molecule has 0 radical (unpaired) electrons. The number of aliphatic hydroxyl groups is 4. The summed E-state index contributed by atoms with van der Waals surface area (Å²) < 4.78 is 16.3. The van der Waals surface area contributed by atoms with Gasteiger partial charge in [-0.1, -0.05) is 29.8 Å². The Labute approximate surface area is 176 Å². The molecule has 1 aliphatic rings. The number of rotatable bonds is 4. The summed E-state index contributed by atoms with van der Waals surface area (Å²) >= 11 is 0. The molecule has 9 heteroatoms. The van der Waals surface area contributed by atoms with Gasteiger partial charge in [0.15, 0.2) is 0 Å². The van der Waals surface area contributed by atoms with Gasteiger partial charge in [-0.2, -0.15) is 0 Å². The van der Waals surface area contributed by atoms with Crippen molar-refractivity contribution in [3.8, 4) is 22.6 Å². The number of hydrogen-bond acceptors (Lipinski definition) is 9. The van der Waals surface area contributed by atoms with E-state index in [9.17, 15) is 30.3 Å². The topological polar surface area (TPSA) is 150 Å². The Bertz CT molecular complexity index is 1140. The smallest absolute Gasteiger partial charge is 0.229 e. The van der Waals surface area contributed by atoms with Crippen LogP contribution in [0.1, 0.15) is 5.56 Å². The molecular weight excluding hydrogens is 408 g/mol. The molecule has 1 fully saturated rings. The van der Waals surface area contributed by atoms with E-state index in [0.717, 1.165) is 11.6 Å². The van der Waals surface area contributed by atoms with Gasteiger partial charge in [-0.15, -0.1) is 0 Å². The highest BCUT2D eigenvalue weighted by atomic mass is 16.7. The molecule has 0 aliphatic carbocycles. The van der Waals surface area contributed by atoms with Crippen molar-refractivity contribution in [2.75, 3.05) is 6.61 Å². The Hall–Kier alpha value is -2.95. The molecular formula is C22H22O9. The van der Waals surface area contributed by atoms with Crippen molar-refractivity contribution in [2.24, 2.45) is 0 Å². The summed E-state index contributed by atoms with van der Waals surface area (Å²) in [5, 5.41) is 49.5. The monoisotopic (exact) mass is 430 g/mol. The van der Waals surface area contributed by atoms with E-state index in [0.29, 0.717) is 5.56 Å². The summed E-state index contributed by atoms with van der Waals surface area (Å²) in [5.74, 6) is -0.416. The van der Waals surface area contributed by atoms with E-state index < -0.39 is 48.5 Å². The maximum Gasteiger partial charge on any atom is 0.229 e. The molecule has 0 saturated carbocycles. The van der Waals surface area contributed by atoms with Crippen LogP contribution in [-0.4, -0.2) is 62.8 Å². The lowest BCUT2D eigenvalue weighted by Gasteiger charge is -2.39. The lowest BCUT2D eigenvalue weighted by atomic mass is 9.99. The summed E-state index contributed by atoms with van der Waals surface area (Å²) in [6.45, 7) is 1.32. The van der Waals surface area contributed by atoms with Crippen LogP contribution in [-0.2, 0) is 4.74 Å². The minimum atomic E-state index is -1.62. The van der Waals surface area contributed by atoms with Gasteiger partial charge in [0, 0.05) is 12.1 Å². The molecule has 5 atom stereocenters. The predicted octanol–water partition coefficient (Wildman–Crippen LogP) is 0.653. The first-order valence-corrected chi connectivity index (χ1v) is 9.63. The Morgan fingerprint density at radius 3 is 2.42 bits per heavy atom. The van der Waals surface area contributed by atoms with Gasteiger partial charge in [-0.3, -0.25) is 4.79 Å². The number of fused-ring (bicyclic) bond motifs is 1. The fourth-order valence-corrected chi connectivity index (χ4v) is 3.51. The third-order valence-corrected chi connectivity index (χ3v) is 5.29. The summed E-state index contributed by atoms with van der Waals surface area (Å²) in [6, 6.07) is 9.76. The van der Waals surface area contributed by atoms with Gasteiger partial charge in [-0.25, -0.2) is 0 Å². The highest BCUT2D eigenvalue weighted by Gasteiger charge is 2.44. The summed E-state index contributed by atoms with van der Waals surface area (Å²) in [7, 11) is 0. The van der Waals surface area contributed by atoms with Crippen molar-refractivity contribution >= 4 is 11.0 Å². The second-order valence-corrected chi connectivity index (χ2v) is 7.48. The zero-order valence-corrected chi connectivity index (χ0v) is 16.5. The van der Waals surface area contributed by atoms with Crippen molar-refractivity contribution in [2.45, 2.75) is 37.6 Å². The van der Waals surface area contributed by atoms with Gasteiger partial charge < -0.3 is 39.4 Å². The van der Waals surface area contributed by atoms with E-state index in [4.69, 9.17) is 13.9 Å². The first-order chi connectivity index (χ1) is 14.8. The van der Waals surface area contributed by atoms with Crippen molar-refractivity contribution in [1.29, 1.82) is 0 Å². The third kappa shape index (κ3) is 3.89. The Balaban J connectivity index is 1.68. The van der Waals surface area contributed by atoms with E-state index in [1.807, 2.05) is 19.1 Å². The number of hydrogen-bond donors (Lipinski definition) is 5. The summed E-state index contributed by atoms with van der Waals surface area (Å²) in [4.78, 5) is 12.9. The minimum Gasteiger partial charge on any atom is -0.507 e. The van der Waals surface area contributed by atoms with Gasteiger partial charge >= 0.3 is 0 Å². The van der Waals surface area contributed by atoms with Crippen molar-refractivity contribution in [1.82, 2.24) is 0 Å². The van der Waals surface area contributed by atoms with Gasteiger partial charge in [0.1, 0.15) is 53.1 Å². The number of phenols is 1. The average Bonchev–Trinajstić information content (AvgIpc) is 2.75. The number of aliphatic hydroxyl groups excluding tert-OH is 4. The molecule has 164 valence electrons. The van der Waals surface area contributed by atoms with E-state index in [-0.39, 0.29) is 22.3 Å². The molecule has 3 aromatic rings. The van der Waals surface area contributed by atoms with Crippen LogP contribution in [0.2, 0.25) is 0 Å². The Kier molecular flexibility index (Phi) is 5.69. The molecule has 1 aromatic heterocycles. The van der Waals surface area contributed by atoms with Crippen LogP contribution in [0.5, 0.6) is 11.5 Å². The molecule has 4 rings (SSSR count). The Morgan fingerprint density at radius 2 is 1.74 bits per heavy atom. The van der Waals surface area contributed by atoms with Crippen molar-refractivity contribution in [3.63, 3.8) is 0 Å². The maximum atomic E-state index is 12.9.